The molecule has 1 aromatic rings. The summed E-state index contributed by atoms with van der Waals surface area (Å²) in [5.41, 5.74) is 1.97. The topological polar surface area (TPSA) is 74.2 Å². The van der Waals surface area contributed by atoms with E-state index in [-0.39, 0.29) is 11.8 Å². The van der Waals surface area contributed by atoms with Crippen LogP contribution in [0.5, 0.6) is 0 Å². The minimum Gasteiger partial charge on any atom is -0.384 e. The van der Waals surface area contributed by atoms with Gasteiger partial charge in [-0.25, -0.2) is 0 Å². The number of amides is 1. The smallest absolute Gasteiger partial charge is 0.229 e. The Kier molecular flexibility index (Phi) is 6.54. The van der Waals surface area contributed by atoms with E-state index in [0.717, 1.165) is 18.7 Å². The number of hydrogen-bond acceptors (Lipinski definition) is 4. The maximum Gasteiger partial charge on any atom is 0.229 e. The van der Waals surface area contributed by atoms with Crippen LogP contribution in [0.1, 0.15) is 25.8 Å². The average molecular weight is 275 g/mol. The van der Waals surface area contributed by atoms with E-state index < -0.39 is 0 Å². The van der Waals surface area contributed by atoms with Gasteiger partial charge in [0.05, 0.1) is 35.5 Å². The van der Waals surface area contributed by atoms with Crippen LogP contribution >= 0.6 is 0 Å². The van der Waals surface area contributed by atoms with Crippen molar-refractivity contribution >= 4 is 17.3 Å². The highest BCUT2D eigenvalue weighted by Crippen LogP contribution is 2.23. The maximum atomic E-state index is 12.0. The van der Waals surface area contributed by atoms with Crippen molar-refractivity contribution in [1.82, 2.24) is 0 Å². The van der Waals surface area contributed by atoms with E-state index in [2.05, 4.69) is 23.6 Å². The van der Waals surface area contributed by atoms with Crippen molar-refractivity contribution in [1.29, 1.82) is 5.26 Å². The zero-order valence-electron chi connectivity index (χ0n) is 12.2. The second-order valence-corrected chi connectivity index (χ2v) is 4.64. The van der Waals surface area contributed by atoms with Crippen LogP contribution in [0, 0.1) is 17.2 Å². The van der Waals surface area contributed by atoms with Gasteiger partial charge in [0.1, 0.15) is 0 Å². The van der Waals surface area contributed by atoms with Gasteiger partial charge in [-0.1, -0.05) is 13.8 Å². The Bertz CT molecular complexity index is 494. The van der Waals surface area contributed by atoms with Gasteiger partial charge >= 0.3 is 0 Å². The molecule has 1 aromatic carbocycles. The van der Waals surface area contributed by atoms with E-state index in [9.17, 15) is 4.79 Å². The number of rotatable bonds is 7. The Hall–Kier alpha value is -2.06. The molecule has 0 bridgehead atoms. The van der Waals surface area contributed by atoms with E-state index in [0.29, 0.717) is 17.9 Å². The highest BCUT2D eigenvalue weighted by Gasteiger charge is 2.14. The first-order valence-corrected chi connectivity index (χ1v) is 6.70. The summed E-state index contributed by atoms with van der Waals surface area (Å²) in [4.78, 5) is 12.0. The molecular formula is C15H21N3O2. The van der Waals surface area contributed by atoms with Crippen LogP contribution < -0.4 is 10.6 Å². The summed E-state index contributed by atoms with van der Waals surface area (Å²) >= 11 is 0. The molecule has 0 aromatic heterocycles. The monoisotopic (exact) mass is 275 g/mol. The Morgan fingerprint density at radius 2 is 2.20 bits per heavy atom. The quantitative estimate of drug-likeness (QED) is 0.802. The summed E-state index contributed by atoms with van der Waals surface area (Å²) in [5, 5.41) is 15.0. The zero-order valence-corrected chi connectivity index (χ0v) is 12.2. The highest BCUT2D eigenvalue weighted by molar-refractivity contribution is 5.95. The lowest BCUT2D eigenvalue weighted by Gasteiger charge is -2.15. The van der Waals surface area contributed by atoms with Gasteiger partial charge in [-0.3, -0.25) is 4.79 Å². The molecule has 5 heteroatoms. The number of methoxy groups -OCH3 is 1. The SMILES string of the molecule is CCCNc1ccc(C#N)cc1NC(=O)C(C)COC. The van der Waals surface area contributed by atoms with Gasteiger partial charge in [-0.2, -0.15) is 5.26 Å². The molecule has 1 rings (SSSR count). The van der Waals surface area contributed by atoms with Crippen LogP contribution in [-0.4, -0.2) is 26.2 Å². The summed E-state index contributed by atoms with van der Waals surface area (Å²) in [5.74, 6) is -0.369. The number of benzene rings is 1. The van der Waals surface area contributed by atoms with Gasteiger partial charge in [-0.15, -0.1) is 0 Å². The second-order valence-electron chi connectivity index (χ2n) is 4.64. The molecule has 2 N–H and O–H groups in total. The van der Waals surface area contributed by atoms with Crippen molar-refractivity contribution in [3.8, 4) is 6.07 Å². The van der Waals surface area contributed by atoms with Gasteiger partial charge < -0.3 is 15.4 Å². The largest absolute Gasteiger partial charge is 0.384 e. The summed E-state index contributed by atoms with van der Waals surface area (Å²) in [7, 11) is 1.56. The lowest BCUT2D eigenvalue weighted by Crippen LogP contribution is -2.24. The van der Waals surface area contributed by atoms with Gasteiger partial charge in [-0.05, 0) is 24.6 Å². The number of carbonyl (C=O) groups is 1. The lowest BCUT2D eigenvalue weighted by molar-refractivity contribution is -0.120. The predicted octanol–water partition coefficient (Wildman–Crippen LogP) is 2.60. The minimum atomic E-state index is -0.246. The third kappa shape index (κ3) is 4.56. The molecule has 0 aliphatic carbocycles. The molecule has 5 nitrogen and oxygen atoms in total. The molecule has 20 heavy (non-hydrogen) atoms. The van der Waals surface area contributed by atoms with E-state index in [1.165, 1.54) is 0 Å². The number of ether oxygens (including phenoxy) is 1. The Balaban J connectivity index is 2.89. The predicted molar refractivity (Wildman–Crippen MR) is 79.6 cm³/mol. The fourth-order valence-electron chi connectivity index (χ4n) is 1.71. The second kappa shape index (κ2) is 8.18. The third-order valence-electron chi connectivity index (χ3n) is 2.84. The molecule has 0 fully saturated rings. The van der Waals surface area contributed by atoms with Crippen LogP contribution in [0.2, 0.25) is 0 Å². The molecule has 0 aliphatic heterocycles. The Morgan fingerprint density at radius 3 is 2.80 bits per heavy atom. The normalized spacial score (nSPS) is 11.5. The summed E-state index contributed by atoms with van der Waals surface area (Å²) in [6, 6.07) is 7.29. The Morgan fingerprint density at radius 1 is 1.45 bits per heavy atom. The number of nitriles is 1. The van der Waals surface area contributed by atoms with Crippen molar-refractivity contribution in [3.63, 3.8) is 0 Å². The van der Waals surface area contributed by atoms with Crippen molar-refractivity contribution in [2.75, 3.05) is 30.9 Å². The summed E-state index contributed by atoms with van der Waals surface area (Å²) in [6.45, 7) is 5.03. The molecule has 1 unspecified atom stereocenters. The highest BCUT2D eigenvalue weighted by atomic mass is 16.5. The van der Waals surface area contributed by atoms with Crippen LogP contribution in [0.15, 0.2) is 18.2 Å². The molecule has 1 atom stereocenters. The molecule has 0 saturated heterocycles. The number of hydrogen-bond donors (Lipinski definition) is 2. The van der Waals surface area contributed by atoms with E-state index in [1.54, 1.807) is 26.2 Å². The lowest BCUT2D eigenvalue weighted by atomic mass is 10.1. The van der Waals surface area contributed by atoms with Crippen LogP contribution in [0.25, 0.3) is 0 Å². The van der Waals surface area contributed by atoms with Crippen molar-refractivity contribution < 1.29 is 9.53 Å². The van der Waals surface area contributed by atoms with E-state index in [4.69, 9.17) is 10.00 Å². The molecule has 0 saturated carbocycles. The molecule has 108 valence electrons. The molecular weight excluding hydrogens is 254 g/mol. The molecule has 0 spiro atoms. The third-order valence-corrected chi connectivity index (χ3v) is 2.84. The van der Waals surface area contributed by atoms with Crippen molar-refractivity contribution in [2.24, 2.45) is 5.92 Å². The minimum absolute atomic E-state index is 0.124. The number of anilines is 2. The summed E-state index contributed by atoms with van der Waals surface area (Å²) < 4.78 is 4.97. The van der Waals surface area contributed by atoms with Crippen LogP contribution in [0.3, 0.4) is 0 Å². The standard InChI is InChI=1S/C15H21N3O2/c1-4-7-17-13-6-5-12(9-16)8-14(13)18-15(19)11(2)10-20-3/h5-6,8,11,17H,4,7,10H2,1-3H3,(H,18,19). The van der Waals surface area contributed by atoms with Crippen LogP contribution in [0.4, 0.5) is 11.4 Å². The van der Waals surface area contributed by atoms with Crippen LogP contribution in [-0.2, 0) is 9.53 Å². The molecule has 0 aliphatic rings. The maximum absolute atomic E-state index is 12.0. The van der Waals surface area contributed by atoms with Gasteiger partial charge in [0.15, 0.2) is 0 Å². The molecule has 1 amide bonds. The van der Waals surface area contributed by atoms with Crippen molar-refractivity contribution in [3.05, 3.63) is 23.8 Å². The van der Waals surface area contributed by atoms with E-state index in [1.807, 2.05) is 6.07 Å². The average Bonchev–Trinajstić information content (AvgIpc) is 2.46. The van der Waals surface area contributed by atoms with Gasteiger partial charge in [0.25, 0.3) is 0 Å². The number of nitrogens with zero attached hydrogens (tertiary/aromatic N) is 1. The first-order chi connectivity index (χ1) is 9.62. The Labute approximate surface area is 119 Å². The fraction of sp³-hybridized carbons (Fsp3) is 0.467. The van der Waals surface area contributed by atoms with Gasteiger partial charge in [0, 0.05) is 13.7 Å². The van der Waals surface area contributed by atoms with E-state index >= 15 is 0 Å². The fourth-order valence-corrected chi connectivity index (χ4v) is 1.71. The summed E-state index contributed by atoms with van der Waals surface area (Å²) in [6.07, 6.45) is 0.980. The first-order valence-electron chi connectivity index (χ1n) is 6.70. The van der Waals surface area contributed by atoms with Gasteiger partial charge in [0.2, 0.25) is 5.91 Å². The molecule has 0 heterocycles. The number of carbonyl (C=O) groups excluding carboxylic acids is 1. The number of nitrogens with one attached hydrogen (secondary N) is 2. The zero-order chi connectivity index (χ0) is 15.0. The first kappa shape index (κ1) is 16.0. The van der Waals surface area contributed by atoms with Crippen molar-refractivity contribution in [2.45, 2.75) is 20.3 Å². The molecule has 0 radical (unpaired) electrons.